The van der Waals surface area contributed by atoms with E-state index in [1.54, 1.807) is 11.3 Å². The van der Waals surface area contributed by atoms with Gasteiger partial charge in [-0.05, 0) is 37.6 Å². The summed E-state index contributed by atoms with van der Waals surface area (Å²) in [7, 11) is 2.06. The van der Waals surface area contributed by atoms with E-state index < -0.39 is 0 Å². The highest BCUT2D eigenvalue weighted by Crippen LogP contribution is 2.24. The molecule has 0 bridgehead atoms. The smallest absolute Gasteiger partial charge is 0.185 e. The molecule has 1 heterocycles. The van der Waals surface area contributed by atoms with Crippen molar-refractivity contribution in [2.45, 2.75) is 32.9 Å². The Morgan fingerprint density at radius 1 is 1.43 bits per heavy atom. The van der Waals surface area contributed by atoms with Gasteiger partial charge in [-0.1, -0.05) is 30.7 Å². The van der Waals surface area contributed by atoms with Crippen LogP contribution in [0.25, 0.3) is 0 Å². The average molecular weight is 324 g/mol. The van der Waals surface area contributed by atoms with E-state index in [0.29, 0.717) is 6.04 Å². The van der Waals surface area contributed by atoms with Crippen molar-refractivity contribution in [2.75, 3.05) is 18.5 Å². The molecule has 0 aliphatic heterocycles. The third-order valence-electron chi connectivity index (χ3n) is 3.29. The number of nitrogens with one attached hydrogen (secondary N) is 1. The Kier molecular flexibility index (Phi) is 6.03. The SMILES string of the molecule is CCCNC(C)c1csc(N(C)Cc2cccc(Cl)c2)n1. The zero-order valence-corrected chi connectivity index (χ0v) is 14.3. The lowest BCUT2D eigenvalue weighted by atomic mass is 10.2. The normalized spacial score (nSPS) is 12.4. The van der Waals surface area contributed by atoms with Gasteiger partial charge in [0, 0.05) is 30.0 Å². The lowest BCUT2D eigenvalue weighted by Crippen LogP contribution is -2.20. The van der Waals surface area contributed by atoms with Gasteiger partial charge >= 0.3 is 0 Å². The van der Waals surface area contributed by atoms with E-state index in [9.17, 15) is 0 Å². The molecular weight excluding hydrogens is 302 g/mol. The molecule has 21 heavy (non-hydrogen) atoms. The lowest BCUT2D eigenvalue weighted by molar-refractivity contribution is 0.561. The van der Waals surface area contributed by atoms with Crippen molar-refractivity contribution in [1.82, 2.24) is 10.3 Å². The van der Waals surface area contributed by atoms with Gasteiger partial charge in [-0.2, -0.15) is 0 Å². The fourth-order valence-corrected chi connectivity index (χ4v) is 3.19. The van der Waals surface area contributed by atoms with Crippen molar-refractivity contribution in [2.24, 2.45) is 0 Å². The van der Waals surface area contributed by atoms with Gasteiger partial charge in [-0.25, -0.2) is 4.98 Å². The van der Waals surface area contributed by atoms with Crippen LogP contribution in [-0.4, -0.2) is 18.6 Å². The Hall–Kier alpha value is -1.10. The van der Waals surface area contributed by atoms with Crippen LogP contribution in [0.4, 0.5) is 5.13 Å². The number of hydrogen-bond donors (Lipinski definition) is 1. The largest absolute Gasteiger partial charge is 0.347 e. The predicted octanol–water partition coefficient (Wildman–Crippen LogP) is 4.49. The summed E-state index contributed by atoms with van der Waals surface area (Å²) < 4.78 is 0. The maximum absolute atomic E-state index is 6.03. The van der Waals surface area contributed by atoms with Gasteiger partial charge in [-0.3, -0.25) is 0 Å². The zero-order chi connectivity index (χ0) is 15.2. The Labute approximate surface area is 136 Å². The summed E-state index contributed by atoms with van der Waals surface area (Å²) in [5, 5.41) is 7.42. The number of rotatable bonds is 7. The number of thiazole rings is 1. The second-order valence-corrected chi connectivity index (χ2v) is 6.49. The fourth-order valence-electron chi connectivity index (χ4n) is 2.09. The Bertz CT molecular complexity index is 570. The van der Waals surface area contributed by atoms with Crippen LogP contribution in [0.2, 0.25) is 5.02 Å². The molecule has 1 aromatic carbocycles. The lowest BCUT2D eigenvalue weighted by Gasteiger charge is -2.16. The molecule has 0 aliphatic rings. The van der Waals surface area contributed by atoms with Crippen molar-refractivity contribution < 1.29 is 0 Å². The van der Waals surface area contributed by atoms with Gasteiger partial charge < -0.3 is 10.2 Å². The Balaban J connectivity index is 2.00. The van der Waals surface area contributed by atoms with Crippen molar-refractivity contribution in [3.8, 4) is 0 Å². The van der Waals surface area contributed by atoms with E-state index >= 15 is 0 Å². The van der Waals surface area contributed by atoms with Crippen LogP contribution < -0.4 is 10.2 Å². The van der Waals surface area contributed by atoms with Crippen LogP contribution in [-0.2, 0) is 6.54 Å². The summed E-state index contributed by atoms with van der Waals surface area (Å²) in [5.74, 6) is 0. The first-order valence-electron chi connectivity index (χ1n) is 7.24. The maximum Gasteiger partial charge on any atom is 0.185 e. The van der Waals surface area contributed by atoms with Gasteiger partial charge in [0.2, 0.25) is 0 Å². The molecule has 2 aromatic rings. The summed E-state index contributed by atoms with van der Waals surface area (Å²) >= 11 is 7.71. The minimum Gasteiger partial charge on any atom is -0.347 e. The number of hydrogen-bond acceptors (Lipinski definition) is 4. The first-order chi connectivity index (χ1) is 10.1. The summed E-state index contributed by atoms with van der Waals surface area (Å²) in [6, 6.07) is 8.26. The molecule has 5 heteroatoms. The number of halogens is 1. The second-order valence-electron chi connectivity index (χ2n) is 5.22. The zero-order valence-electron chi connectivity index (χ0n) is 12.8. The van der Waals surface area contributed by atoms with Gasteiger partial charge in [0.1, 0.15) is 0 Å². The molecule has 1 aromatic heterocycles. The molecule has 1 atom stereocenters. The first kappa shape index (κ1) is 16.3. The van der Waals surface area contributed by atoms with E-state index in [-0.39, 0.29) is 0 Å². The van der Waals surface area contributed by atoms with Crippen LogP contribution in [0.15, 0.2) is 29.6 Å². The summed E-state index contributed by atoms with van der Waals surface area (Å²) in [6.07, 6.45) is 1.13. The first-order valence-corrected chi connectivity index (χ1v) is 8.50. The van der Waals surface area contributed by atoms with Crippen molar-refractivity contribution in [3.05, 3.63) is 45.9 Å². The van der Waals surface area contributed by atoms with Crippen LogP contribution in [0.3, 0.4) is 0 Å². The maximum atomic E-state index is 6.03. The van der Waals surface area contributed by atoms with Gasteiger partial charge in [0.25, 0.3) is 0 Å². The van der Waals surface area contributed by atoms with E-state index in [2.05, 4.69) is 42.6 Å². The molecule has 0 amide bonds. The van der Waals surface area contributed by atoms with Gasteiger partial charge in [0.05, 0.1) is 5.69 Å². The molecule has 0 radical (unpaired) electrons. The molecule has 114 valence electrons. The average Bonchev–Trinajstić information content (AvgIpc) is 2.94. The topological polar surface area (TPSA) is 28.2 Å². The van der Waals surface area contributed by atoms with E-state index in [1.165, 1.54) is 5.56 Å². The number of benzene rings is 1. The van der Waals surface area contributed by atoms with E-state index in [4.69, 9.17) is 16.6 Å². The predicted molar refractivity (Wildman–Crippen MR) is 92.4 cm³/mol. The summed E-state index contributed by atoms with van der Waals surface area (Å²) in [4.78, 5) is 6.89. The quantitative estimate of drug-likeness (QED) is 0.813. The minimum absolute atomic E-state index is 0.300. The molecule has 0 spiro atoms. The highest BCUT2D eigenvalue weighted by atomic mass is 35.5. The van der Waals surface area contributed by atoms with Crippen LogP contribution >= 0.6 is 22.9 Å². The van der Waals surface area contributed by atoms with Crippen molar-refractivity contribution in [1.29, 1.82) is 0 Å². The van der Waals surface area contributed by atoms with Crippen molar-refractivity contribution >= 4 is 28.1 Å². The molecule has 2 rings (SSSR count). The highest BCUT2D eigenvalue weighted by Gasteiger charge is 2.12. The third-order valence-corrected chi connectivity index (χ3v) is 4.50. The number of anilines is 1. The van der Waals surface area contributed by atoms with Crippen LogP contribution in [0.1, 0.15) is 37.6 Å². The minimum atomic E-state index is 0.300. The monoisotopic (exact) mass is 323 g/mol. The van der Waals surface area contributed by atoms with Crippen molar-refractivity contribution in [3.63, 3.8) is 0 Å². The fraction of sp³-hybridized carbons (Fsp3) is 0.438. The molecule has 0 saturated heterocycles. The number of nitrogens with zero attached hydrogens (tertiary/aromatic N) is 2. The third kappa shape index (κ3) is 4.70. The standard InChI is InChI=1S/C16H22ClN3S/c1-4-8-18-12(2)15-11-21-16(19-15)20(3)10-13-6-5-7-14(17)9-13/h5-7,9,11-12,18H,4,8,10H2,1-3H3. The molecule has 0 saturated carbocycles. The van der Waals surface area contributed by atoms with Gasteiger partial charge in [0.15, 0.2) is 5.13 Å². The van der Waals surface area contributed by atoms with Crippen LogP contribution in [0, 0.1) is 0 Å². The van der Waals surface area contributed by atoms with Crippen LogP contribution in [0.5, 0.6) is 0 Å². The van der Waals surface area contributed by atoms with Gasteiger partial charge in [-0.15, -0.1) is 11.3 Å². The van der Waals surface area contributed by atoms with E-state index in [1.807, 2.05) is 18.2 Å². The summed E-state index contributed by atoms with van der Waals surface area (Å²) in [6.45, 7) is 6.16. The molecule has 3 nitrogen and oxygen atoms in total. The molecule has 0 aliphatic carbocycles. The molecular formula is C16H22ClN3S. The Morgan fingerprint density at radius 2 is 2.24 bits per heavy atom. The highest BCUT2D eigenvalue weighted by molar-refractivity contribution is 7.13. The number of aromatic nitrogens is 1. The second kappa shape index (κ2) is 7.78. The Morgan fingerprint density at radius 3 is 2.95 bits per heavy atom. The summed E-state index contributed by atoms with van der Waals surface area (Å²) in [5.41, 5.74) is 2.31. The molecule has 1 N–H and O–H groups in total. The van der Waals surface area contributed by atoms with E-state index in [0.717, 1.165) is 35.4 Å². The molecule has 1 unspecified atom stereocenters. The molecule has 0 fully saturated rings.